The Morgan fingerprint density at radius 3 is 2.40 bits per heavy atom. The van der Waals surface area contributed by atoms with Gasteiger partial charge >= 0.3 is 0 Å². The maximum Gasteiger partial charge on any atom is 0.194 e. The third-order valence-corrected chi connectivity index (χ3v) is 4.06. The molecule has 0 fully saturated rings. The standard InChI is InChI=1S/C18H19BrO/c1-3-4-5-14-7-9-15(10-8-14)18(20)16-11-6-13(2)12-17(16)19/h6-12H,3-5H2,1-2H3. The van der Waals surface area contributed by atoms with Crippen LogP contribution in [0.25, 0.3) is 0 Å². The molecule has 0 amide bonds. The van der Waals surface area contributed by atoms with Gasteiger partial charge in [0.25, 0.3) is 0 Å². The molecule has 0 atom stereocenters. The highest BCUT2D eigenvalue weighted by Gasteiger charge is 2.12. The number of ketones is 1. The molecule has 2 aromatic carbocycles. The molecule has 1 nitrogen and oxygen atoms in total. The van der Waals surface area contributed by atoms with Crippen LogP contribution in [-0.2, 0) is 6.42 Å². The Labute approximate surface area is 129 Å². The molecule has 0 saturated heterocycles. The Morgan fingerprint density at radius 1 is 1.10 bits per heavy atom. The van der Waals surface area contributed by atoms with Crippen molar-refractivity contribution in [3.63, 3.8) is 0 Å². The Kier molecular flexibility index (Phi) is 5.13. The fraction of sp³-hybridized carbons (Fsp3) is 0.278. The molecule has 20 heavy (non-hydrogen) atoms. The quantitative estimate of drug-likeness (QED) is 0.677. The van der Waals surface area contributed by atoms with Crippen molar-refractivity contribution < 1.29 is 4.79 Å². The van der Waals surface area contributed by atoms with Crippen molar-refractivity contribution in [2.75, 3.05) is 0 Å². The molecule has 2 aromatic rings. The van der Waals surface area contributed by atoms with Gasteiger partial charge in [0.15, 0.2) is 5.78 Å². The number of aryl methyl sites for hydroxylation is 2. The smallest absolute Gasteiger partial charge is 0.194 e. The normalized spacial score (nSPS) is 10.6. The van der Waals surface area contributed by atoms with Crippen LogP contribution >= 0.6 is 15.9 Å². The number of carbonyl (C=O) groups is 1. The summed E-state index contributed by atoms with van der Waals surface area (Å²) in [5.41, 5.74) is 3.90. The van der Waals surface area contributed by atoms with Crippen molar-refractivity contribution in [1.82, 2.24) is 0 Å². The molecular weight excluding hydrogens is 312 g/mol. The van der Waals surface area contributed by atoms with Crippen LogP contribution in [0.4, 0.5) is 0 Å². The van der Waals surface area contributed by atoms with Crippen LogP contribution in [0.5, 0.6) is 0 Å². The minimum Gasteiger partial charge on any atom is -0.289 e. The van der Waals surface area contributed by atoms with Crippen LogP contribution in [0.1, 0.15) is 46.8 Å². The van der Waals surface area contributed by atoms with Crippen molar-refractivity contribution >= 4 is 21.7 Å². The lowest BCUT2D eigenvalue weighted by Crippen LogP contribution is -2.02. The summed E-state index contributed by atoms with van der Waals surface area (Å²) in [5.74, 6) is 0.0684. The summed E-state index contributed by atoms with van der Waals surface area (Å²) in [6.45, 7) is 4.20. The van der Waals surface area contributed by atoms with E-state index in [0.717, 1.165) is 27.6 Å². The predicted octanol–water partition coefficient (Wildman–Crippen LogP) is 5.33. The van der Waals surface area contributed by atoms with E-state index < -0.39 is 0 Å². The molecule has 2 rings (SSSR count). The number of carbonyl (C=O) groups excluding carboxylic acids is 1. The van der Waals surface area contributed by atoms with Gasteiger partial charge in [-0.1, -0.05) is 59.6 Å². The topological polar surface area (TPSA) is 17.1 Å². The zero-order chi connectivity index (χ0) is 14.5. The maximum absolute atomic E-state index is 12.5. The van der Waals surface area contributed by atoms with Gasteiger partial charge in [0.2, 0.25) is 0 Å². The van der Waals surface area contributed by atoms with E-state index in [1.54, 1.807) is 0 Å². The number of rotatable bonds is 5. The zero-order valence-corrected chi connectivity index (χ0v) is 13.5. The van der Waals surface area contributed by atoms with Crippen LogP contribution in [0, 0.1) is 6.92 Å². The SMILES string of the molecule is CCCCc1ccc(C(=O)c2ccc(C)cc2Br)cc1. The molecule has 0 heterocycles. The van der Waals surface area contributed by atoms with E-state index in [9.17, 15) is 4.79 Å². The van der Waals surface area contributed by atoms with E-state index in [4.69, 9.17) is 0 Å². The van der Waals surface area contributed by atoms with E-state index in [1.807, 2.05) is 37.3 Å². The molecule has 0 aliphatic rings. The number of unbranched alkanes of at least 4 members (excludes halogenated alkanes) is 1. The van der Waals surface area contributed by atoms with Gasteiger partial charge in [-0.15, -0.1) is 0 Å². The highest BCUT2D eigenvalue weighted by Crippen LogP contribution is 2.22. The zero-order valence-electron chi connectivity index (χ0n) is 11.9. The Balaban J connectivity index is 2.20. The maximum atomic E-state index is 12.5. The first-order valence-corrected chi connectivity index (χ1v) is 7.81. The molecule has 0 unspecified atom stereocenters. The lowest BCUT2D eigenvalue weighted by atomic mass is 10.00. The molecule has 2 heteroatoms. The molecule has 0 radical (unpaired) electrons. The van der Waals surface area contributed by atoms with Crippen LogP contribution in [0.2, 0.25) is 0 Å². The molecule has 0 N–H and O–H groups in total. The van der Waals surface area contributed by atoms with Crippen LogP contribution < -0.4 is 0 Å². The van der Waals surface area contributed by atoms with E-state index in [0.29, 0.717) is 0 Å². The monoisotopic (exact) mass is 330 g/mol. The molecule has 0 spiro atoms. The van der Waals surface area contributed by atoms with Crippen LogP contribution in [0.3, 0.4) is 0 Å². The second-order valence-corrected chi connectivity index (χ2v) is 5.97. The van der Waals surface area contributed by atoms with Crippen LogP contribution in [-0.4, -0.2) is 5.78 Å². The van der Waals surface area contributed by atoms with Crippen molar-refractivity contribution in [3.8, 4) is 0 Å². The fourth-order valence-electron chi connectivity index (χ4n) is 2.16. The van der Waals surface area contributed by atoms with Crippen molar-refractivity contribution in [1.29, 1.82) is 0 Å². The Bertz CT molecular complexity index is 599. The second-order valence-electron chi connectivity index (χ2n) is 5.11. The van der Waals surface area contributed by atoms with E-state index in [2.05, 4.69) is 35.0 Å². The van der Waals surface area contributed by atoms with Gasteiger partial charge in [0.05, 0.1) is 0 Å². The summed E-state index contributed by atoms with van der Waals surface area (Å²) < 4.78 is 0.859. The molecule has 0 bridgehead atoms. The average Bonchev–Trinajstić information content (AvgIpc) is 2.45. The van der Waals surface area contributed by atoms with Crippen molar-refractivity contribution in [2.24, 2.45) is 0 Å². The Hall–Kier alpha value is -1.41. The van der Waals surface area contributed by atoms with E-state index in [1.165, 1.54) is 18.4 Å². The van der Waals surface area contributed by atoms with E-state index >= 15 is 0 Å². The highest BCUT2D eigenvalue weighted by molar-refractivity contribution is 9.10. The van der Waals surface area contributed by atoms with Crippen molar-refractivity contribution in [2.45, 2.75) is 33.1 Å². The van der Waals surface area contributed by atoms with Gasteiger partial charge in [-0.2, -0.15) is 0 Å². The molecule has 104 valence electrons. The largest absolute Gasteiger partial charge is 0.289 e. The second kappa shape index (κ2) is 6.85. The van der Waals surface area contributed by atoms with Gasteiger partial charge < -0.3 is 0 Å². The highest BCUT2D eigenvalue weighted by atomic mass is 79.9. The van der Waals surface area contributed by atoms with Crippen molar-refractivity contribution in [3.05, 3.63) is 69.2 Å². The number of hydrogen-bond acceptors (Lipinski definition) is 1. The Morgan fingerprint density at radius 2 is 1.80 bits per heavy atom. The minimum absolute atomic E-state index is 0.0684. The summed E-state index contributed by atoms with van der Waals surface area (Å²) in [4.78, 5) is 12.5. The summed E-state index contributed by atoms with van der Waals surface area (Å²) in [6.07, 6.45) is 3.47. The van der Waals surface area contributed by atoms with Gasteiger partial charge in [-0.25, -0.2) is 0 Å². The summed E-state index contributed by atoms with van der Waals surface area (Å²) in [7, 11) is 0. The summed E-state index contributed by atoms with van der Waals surface area (Å²) in [6, 6.07) is 13.8. The molecule has 0 aliphatic carbocycles. The molecule has 0 aliphatic heterocycles. The van der Waals surface area contributed by atoms with Gasteiger partial charge in [-0.05, 0) is 43.0 Å². The van der Waals surface area contributed by atoms with Gasteiger partial charge in [-0.3, -0.25) is 4.79 Å². The number of hydrogen-bond donors (Lipinski definition) is 0. The van der Waals surface area contributed by atoms with Gasteiger partial charge in [0.1, 0.15) is 0 Å². The first-order valence-electron chi connectivity index (χ1n) is 7.01. The minimum atomic E-state index is 0.0684. The lowest BCUT2D eigenvalue weighted by Gasteiger charge is -2.06. The molecule has 0 saturated carbocycles. The number of benzene rings is 2. The summed E-state index contributed by atoms with van der Waals surface area (Å²) >= 11 is 3.47. The summed E-state index contributed by atoms with van der Waals surface area (Å²) in [5, 5.41) is 0. The third-order valence-electron chi connectivity index (χ3n) is 3.40. The first-order chi connectivity index (χ1) is 9.61. The van der Waals surface area contributed by atoms with Gasteiger partial charge in [0, 0.05) is 15.6 Å². The van der Waals surface area contributed by atoms with Crippen LogP contribution in [0.15, 0.2) is 46.9 Å². The van der Waals surface area contributed by atoms with E-state index in [-0.39, 0.29) is 5.78 Å². The first kappa shape index (κ1) is 15.0. The average molecular weight is 331 g/mol. The fourth-order valence-corrected chi connectivity index (χ4v) is 2.84. The predicted molar refractivity (Wildman–Crippen MR) is 87.4 cm³/mol. The lowest BCUT2D eigenvalue weighted by molar-refractivity contribution is 0.103. The number of halogens is 1. The third kappa shape index (κ3) is 3.57. The molecule has 0 aromatic heterocycles. The molecular formula is C18H19BrO.